The van der Waals surface area contributed by atoms with Crippen molar-refractivity contribution in [3.8, 4) is 11.9 Å². The van der Waals surface area contributed by atoms with Crippen molar-refractivity contribution >= 4 is 22.4 Å². The van der Waals surface area contributed by atoms with E-state index in [1.54, 1.807) is 17.0 Å². The lowest BCUT2D eigenvalue weighted by atomic mass is 10.1. The highest BCUT2D eigenvalue weighted by Crippen LogP contribution is 2.20. The van der Waals surface area contributed by atoms with E-state index in [-0.39, 0.29) is 12.1 Å². The average Bonchev–Trinajstić information content (AvgIpc) is 3.09. The molecule has 23 heavy (non-hydrogen) atoms. The lowest BCUT2D eigenvalue weighted by Crippen LogP contribution is -2.43. The maximum absolute atomic E-state index is 12.1. The largest absolute Gasteiger partial charge is 0.474 e. The molecule has 0 spiro atoms. The number of thiophene rings is 1. The van der Waals surface area contributed by atoms with Crippen LogP contribution in [0.15, 0.2) is 35.8 Å². The Kier molecular flexibility index (Phi) is 4.74. The third-order valence-electron chi connectivity index (χ3n) is 3.63. The van der Waals surface area contributed by atoms with Gasteiger partial charge in [-0.15, -0.1) is 11.3 Å². The average molecular weight is 328 g/mol. The number of nitrogens with one attached hydrogen (secondary N) is 1. The first-order valence-corrected chi connectivity index (χ1v) is 8.25. The van der Waals surface area contributed by atoms with Crippen molar-refractivity contribution in [3.05, 3.63) is 41.4 Å². The van der Waals surface area contributed by atoms with E-state index in [4.69, 9.17) is 10.00 Å². The van der Waals surface area contributed by atoms with Gasteiger partial charge in [0, 0.05) is 38.2 Å². The number of carbonyl (C=O) groups is 1. The van der Waals surface area contributed by atoms with E-state index >= 15 is 0 Å². The molecule has 0 aromatic carbocycles. The van der Waals surface area contributed by atoms with Gasteiger partial charge in [-0.3, -0.25) is 5.32 Å². The first-order valence-electron chi connectivity index (χ1n) is 7.37. The monoisotopic (exact) mass is 328 g/mol. The van der Waals surface area contributed by atoms with Crippen LogP contribution in [0.2, 0.25) is 0 Å². The Morgan fingerprint density at radius 2 is 2.22 bits per heavy atom. The van der Waals surface area contributed by atoms with Crippen LogP contribution in [0, 0.1) is 11.3 Å². The van der Waals surface area contributed by atoms with Gasteiger partial charge in [0.2, 0.25) is 5.88 Å². The minimum absolute atomic E-state index is 0.0428. The quantitative estimate of drug-likeness (QED) is 0.939. The van der Waals surface area contributed by atoms with Gasteiger partial charge >= 0.3 is 6.03 Å². The fourth-order valence-electron chi connectivity index (χ4n) is 2.40. The molecule has 1 aliphatic rings. The van der Waals surface area contributed by atoms with Gasteiger partial charge in [-0.1, -0.05) is 0 Å². The number of nitrogens with zero attached hydrogens (tertiary/aromatic N) is 3. The van der Waals surface area contributed by atoms with Crippen LogP contribution >= 0.6 is 11.3 Å². The zero-order chi connectivity index (χ0) is 16.1. The molecule has 1 N–H and O–H groups in total. The van der Waals surface area contributed by atoms with Crippen molar-refractivity contribution < 1.29 is 9.53 Å². The predicted molar refractivity (Wildman–Crippen MR) is 87.5 cm³/mol. The van der Waals surface area contributed by atoms with E-state index < -0.39 is 0 Å². The first-order chi connectivity index (χ1) is 11.2. The molecule has 1 saturated heterocycles. The summed E-state index contributed by atoms with van der Waals surface area (Å²) >= 11 is 1.51. The van der Waals surface area contributed by atoms with Crippen LogP contribution in [0.25, 0.3) is 0 Å². The van der Waals surface area contributed by atoms with E-state index in [0.29, 0.717) is 24.5 Å². The highest BCUT2D eigenvalue weighted by Gasteiger charge is 2.24. The third-order valence-corrected chi connectivity index (χ3v) is 4.42. The molecule has 118 valence electrons. The van der Waals surface area contributed by atoms with Crippen molar-refractivity contribution in [3.63, 3.8) is 0 Å². The van der Waals surface area contributed by atoms with Crippen LogP contribution in [-0.2, 0) is 0 Å². The van der Waals surface area contributed by atoms with Crippen molar-refractivity contribution in [2.45, 2.75) is 18.9 Å². The number of aromatic nitrogens is 1. The van der Waals surface area contributed by atoms with Crippen molar-refractivity contribution in [2.75, 3.05) is 18.4 Å². The summed E-state index contributed by atoms with van der Waals surface area (Å²) in [7, 11) is 0. The molecule has 2 aromatic rings. The number of ether oxygens (including phenoxy) is 1. The van der Waals surface area contributed by atoms with E-state index in [9.17, 15) is 4.79 Å². The zero-order valence-corrected chi connectivity index (χ0v) is 13.3. The van der Waals surface area contributed by atoms with Crippen LogP contribution in [0.4, 0.5) is 9.80 Å². The van der Waals surface area contributed by atoms with Gasteiger partial charge in [-0.25, -0.2) is 9.78 Å². The minimum Gasteiger partial charge on any atom is -0.474 e. The molecule has 0 saturated carbocycles. The number of rotatable bonds is 3. The second-order valence-electron chi connectivity index (χ2n) is 5.21. The maximum Gasteiger partial charge on any atom is 0.322 e. The Balaban J connectivity index is 1.48. The predicted octanol–water partition coefficient (Wildman–Crippen LogP) is 3.09. The summed E-state index contributed by atoms with van der Waals surface area (Å²) in [6, 6.07) is 9.14. The molecule has 7 heteroatoms. The topological polar surface area (TPSA) is 78.2 Å². The number of anilines is 1. The number of likely N-dealkylation sites (tertiary alicyclic amines) is 1. The molecule has 0 radical (unpaired) electrons. The fourth-order valence-corrected chi connectivity index (χ4v) is 3.00. The van der Waals surface area contributed by atoms with Crippen LogP contribution in [-0.4, -0.2) is 35.1 Å². The molecule has 0 aliphatic carbocycles. The molecule has 6 nitrogen and oxygen atoms in total. The van der Waals surface area contributed by atoms with Crippen molar-refractivity contribution in [2.24, 2.45) is 0 Å². The number of nitriles is 1. The van der Waals surface area contributed by atoms with E-state index in [1.165, 1.54) is 17.5 Å². The summed E-state index contributed by atoms with van der Waals surface area (Å²) < 4.78 is 5.81. The van der Waals surface area contributed by atoms with Crippen LogP contribution in [0.1, 0.15) is 18.4 Å². The lowest BCUT2D eigenvalue weighted by molar-refractivity contribution is 0.111. The molecule has 1 fully saturated rings. The molecule has 0 unspecified atom stereocenters. The molecular weight excluding hydrogens is 312 g/mol. The van der Waals surface area contributed by atoms with Gasteiger partial charge in [-0.2, -0.15) is 5.26 Å². The summed E-state index contributed by atoms with van der Waals surface area (Å²) in [4.78, 5) is 18.0. The normalized spacial score (nSPS) is 15.0. The number of piperidine rings is 1. The van der Waals surface area contributed by atoms with Crippen LogP contribution in [0.5, 0.6) is 5.88 Å². The Morgan fingerprint density at radius 1 is 1.39 bits per heavy atom. The highest BCUT2D eigenvalue weighted by atomic mass is 32.1. The Bertz CT molecular complexity index is 686. The van der Waals surface area contributed by atoms with Gasteiger partial charge in [0.15, 0.2) is 0 Å². The molecule has 2 amide bonds. The minimum atomic E-state index is -0.0672. The summed E-state index contributed by atoms with van der Waals surface area (Å²) in [6.45, 7) is 1.30. The molecule has 3 rings (SSSR count). The molecule has 3 heterocycles. The highest BCUT2D eigenvalue weighted by molar-refractivity contribution is 7.14. The molecule has 0 bridgehead atoms. The van der Waals surface area contributed by atoms with Crippen molar-refractivity contribution in [1.82, 2.24) is 9.88 Å². The molecular formula is C16H16N4O2S. The number of carbonyl (C=O) groups excluding carboxylic acids is 1. The number of hydrogen-bond donors (Lipinski definition) is 1. The maximum atomic E-state index is 12.1. The van der Waals surface area contributed by atoms with Gasteiger partial charge in [0.1, 0.15) is 12.2 Å². The fraction of sp³-hybridized carbons (Fsp3) is 0.312. The van der Waals surface area contributed by atoms with Gasteiger partial charge in [-0.05, 0) is 23.6 Å². The number of amides is 2. The third kappa shape index (κ3) is 3.99. The lowest BCUT2D eigenvalue weighted by Gasteiger charge is -2.31. The van der Waals surface area contributed by atoms with Crippen LogP contribution < -0.4 is 10.1 Å². The van der Waals surface area contributed by atoms with Gasteiger partial charge in [0.25, 0.3) is 0 Å². The molecule has 2 aromatic heterocycles. The number of urea groups is 1. The molecule has 1 aliphatic heterocycles. The van der Waals surface area contributed by atoms with Gasteiger partial charge < -0.3 is 9.64 Å². The smallest absolute Gasteiger partial charge is 0.322 e. The van der Waals surface area contributed by atoms with Crippen LogP contribution in [0.3, 0.4) is 0 Å². The zero-order valence-electron chi connectivity index (χ0n) is 12.4. The Morgan fingerprint density at radius 3 is 2.83 bits per heavy atom. The van der Waals surface area contributed by atoms with Gasteiger partial charge in [0.05, 0.1) is 10.6 Å². The van der Waals surface area contributed by atoms with Crippen molar-refractivity contribution in [1.29, 1.82) is 5.26 Å². The van der Waals surface area contributed by atoms with E-state index in [1.807, 2.05) is 23.6 Å². The first kappa shape index (κ1) is 15.3. The second-order valence-corrected chi connectivity index (χ2v) is 6.16. The summed E-state index contributed by atoms with van der Waals surface area (Å²) in [5.41, 5.74) is 0.511. The standard InChI is InChI=1S/C16H16N4O2S/c17-10-12-3-4-14(18-11-12)22-13-5-7-20(8-6-13)16(21)19-15-2-1-9-23-15/h1-4,9,11,13H,5-8H2,(H,19,21). The summed E-state index contributed by atoms with van der Waals surface area (Å²) in [6.07, 6.45) is 3.07. The number of pyridine rings is 1. The second kappa shape index (κ2) is 7.11. The summed E-state index contributed by atoms with van der Waals surface area (Å²) in [5.74, 6) is 0.519. The molecule has 0 atom stereocenters. The Hall–Kier alpha value is -2.59. The Labute approximate surface area is 138 Å². The van der Waals surface area contributed by atoms with E-state index in [2.05, 4.69) is 10.3 Å². The SMILES string of the molecule is N#Cc1ccc(OC2CCN(C(=O)Nc3cccs3)CC2)nc1. The number of hydrogen-bond acceptors (Lipinski definition) is 5. The summed E-state index contributed by atoms with van der Waals surface area (Å²) in [5, 5.41) is 14.4. The van der Waals surface area contributed by atoms with E-state index in [0.717, 1.165) is 17.8 Å².